The molecule has 0 spiro atoms. The summed E-state index contributed by atoms with van der Waals surface area (Å²) < 4.78 is 0. The zero-order valence-corrected chi connectivity index (χ0v) is 10.8. The van der Waals surface area contributed by atoms with Crippen LogP contribution in [0.3, 0.4) is 0 Å². The maximum absolute atomic E-state index is 3.56. The van der Waals surface area contributed by atoms with Crippen molar-refractivity contribution in [3.05, 3.63) is 0 Å². The fourth-order valence-corrected chi connectivity index (χ4v) is 4.31. The summed E-state index contributed by atoms with van der Waals surface area (Å²) in [5.74, 6) is 2.99. The van der Waals surface area contributed by atoms with Gasteiger partial charge in [0.15, 0.2) is 0 Å². The predicted octanol–water partition coefficient (Wildman–Crippen LogP) is 3.45. The molecular weight excluding hydrogens is 182 g/mol. The Kier molecular flexibility index (Phi) is 3.12. The van der Waals surface area contributed by atoms with E-state index in [0.29, 0.717) is 5.41 Å². The minimum absolute atomic E-state index is 0.599. The molecule has 2 rings (SSSR count). The lowest BCUT2D eigenvalue weighted by Gasteiger charge is -2.39. The Morgan fingerprint density at radius 1 is 1.13 bits per heavy atom. The molecule has 4 unspecified atom stereocenters. The van der Waals surface area contributed by atoms with E-state index in [1.54, 1.807) is 0 Å². The van der Waals surface area contributed by atoms with Gasteiger partial charge in [0.25, 0.3) is 0 Å². The fraction of sp³-hybridized carbons (Fsp3) is 1.00. The minimum atomic E-state index is 0.599. The van der Waals surface area contributed by atoms with Gasteiger partial charge in [0.2, 0.25) is 0 Å². The Labute approximate surface area is 95.0 Å². The molecule has 4 atom stereocenters. The largest absolute Gasteiger partial charge is 0.317 e. The minimum Gasteiger partial charge on any atom is -0.317 e. The van der Waals surface area contributed by atoms with E-state index in [-0.39, 0.29) is 0 Å². The lowest BCUT2D eigenvalue weighted by molar-refractivity contribution is 0.138. The van der Waals surface area contributed by atoms with Crippen LogP contribution in [-0.4, -0.2) is 13.1 Å². The molecule has 0 radical (unpaired) electrons. The molecule has 88 valence electrons. The molecule has 0 amide bonds. The first-order valence-corrected chi connectivity index (χ1v) is 6.74. The summed E-state index contributed by atoms with van der Waals surface area (Å²) in [6.07, 6.45) is 7.17. The highest BCUT2D eigenvalue weighted by Gasteiger charge is 2.47. The van der Waals surface area contributed by atoms with E-state index >= 15 is 0 Å². The normalized spacial score (nSPS) is 44.0. The lowest BCUT2D eigenvalue weighted by atomic mass is 9.70. The summed E-state index contributed by atoms with van der Waals surface area (Å²) >= 11 is 0. The maximum Gasteiger partial charge on any atom is 0.00953 e. The van der Waals surface area contributed by atoms with E-state index in [9.17, 15) is 0 Å². The monoisotopic (exact) mass is 209 g/mol. The summed E-state index contributed by atoms with van der Waals surface area (Å²) in [4.78, 5) is 0. The molecule has 0 aliphatic heterocycles. The molecule has 0 bridgehead atoms. The van der Waals surface area contributed by atoms with Gasteiger partial charge in [0.1, 0.15) is 0 Å². The molecule has 0 saturated heterocycles. The molecule has 2 aliphatic carbocycles. The molecule has 0 heterocycles. The molecule has 0 aromatic carbocycles. The molecule has 1 heteroatoms. The van der Waals surface area contributed by atoms with Gasteiger partial charge in [-0.25, -0.2) is 0 Å². The number of hydrogen-bond acceptors (Lipinski definition) is 1. The quantitative estimate of drug-likeness (QED) is 0.734. The number of rotatable bonds is 2. The van der Waals surface area contributed by atoms with E-state index in [1.807, 2.05) is 0 Å². The molecule has 0 aromatic heterocycles. The van der Waals surface area contributed by atoms with Crippen LogP contribution in [0.2, 0.25) is 0 Å². The Bertz CT molecular complexity index is 199. The van der Waals surface area contributed by atoms with E-state index < -0.39 is 0 Å². The maximum atomic E-state index is 3.56. The van der Waals surface area contributed by atoms with Gasteiger partial charge in [-0.1, -0.05) is 27.2 Å². The predicted molar refractivity (Wildman–Crippen MR) is 65.9 cm³/mol. The summed E-state index contributed by atoms with van der Waals surface area (Å²) in [7, 11) is 2.15. The van der Waals surface area contributed by atoms with Crippen molar-refractivity contribution >= 4 is 0 Å². The van der Waals surface area contributed by atoms with Crippen LogP contribution in [0.15, 0.2) is 0 Å². The van der Waals surface area contributed by atoms with Crippen molar-refractivity contribution in [3.8, 4) is 0 Å². The second kappa shape index (κ2) is 4.08. The van der Waals surface area contributed by atoms with Crippen LogP contribution in [0.1, 0.15) is 52.9 Å². The smallest absolute Gasteiger partial charge is 0.00953 e. The van der Waals surface area contributed by atoms with Gasteiger partial charge in [-0.15, -0.1) is 0 Å². The second-order valence-corrected chi connectivity index (χ2v) is 6.54. The molecule has 2 saturated carbocycles. The highest BCUT2D eigenvalue weighted by Crippen LogP contribution is 2.53. The highest BCUT2D eigenvalue weighted by molar-refractivity contribution is 4.99. The molecule has 1 nitrogen and oxygen atoms in total. The average Bonchev–Trinajstić information content (AvgIpc) is 2.51. The van der Waals surface area contributed by atoms with Crippen molar-refractivity contribution in [1.29, 1.82) is 0 Å². The van der Waals surface area contributed by atoms with Crippen molar-refractivity contribution in [3.63, 3.8) is 0 Å². The van der Waals surface area contributed by atoms with Crippen LogP contribution in [0.4, 0.5) is 0 Å². The van der Waals surface area contributed by atoms with Crippen LogP contribution in [0.5, 0.6) is 0 Å². The molecule has 2 aliphatic rings. The van der Waals surface area contributed by atoms with Crippen molar-refractivity contribution in [2.45, 2.75) is 58.9 Å². The van der Waals surface area contributed by atoms with Gasteiger partial charge < -0.3 is 5.32 Å². The van der Waals surface area contributed by atoms with Gasteiger partial charge in [0, 0.05) is 6.04 Å². The van der Waals surface area contributed by atoms with Crippen LogP contribution in [0.25, 0.3) is 0 Å². The summed E-state index contributed by atoms with van der Waals surface area (Å²) in [5.41, 5.74) is 0.599. The zero-order chi connectivity index (χ0) is 11.1. The lowest BCUT2D eigenvalue weighted by Crippen LogP contribution is -2.42. The topological polar surface area (TPSA) is 12.0 Å². The molecule has 2 fully saturated rings. The molecule has 1 N–H and O–H groups in total. The van der Waals surface area contributed by atoms with Crippen molar-refractivity contribution in [1.82, 2.24) is 5.32 Å². The molecule has 0 aromatic rings. The van der Waals surface area contributed by atoms with Gasteiger partial charge in [-0.05, 0) is 55.9 Å². The highest BCUT2D eigenvalue weighted by atomic mass is 14.9. The Morgan fingerprint density at radius 3 is 2.40 bits per heavy atom. The van der Waals surface area contributed by atoms with Gasteiger partial charge >= 0.3 is 0 Å². The fourth-order valence-electron chi connectivity index (χ4n) is 4.31. The van der Waals surface area contributed by atoms with Gasteiger partial charge in [-0.2, -0.15) is 0 Å². The van der Waals surface area contributed by atoms with Crippen molar-refractivity contribution in [2.75, 3.05) is 7.05 Å². The van der Waals surface area contributed by atoms with Crippen LogP contribution in [0, 0.1) is 23.2 Å². The van der Waals surface area contributed by atoms with Crippen LogP contribution >= 0.6 is 0 Å². The Hall–Kier alpha value is -0.0400. The standard InChI is InChI=1S/C14H27N/c1-5-10-6-7-13(15-4)12-9-14(2,3)8-11(10)12/h10-13,15H,5-9H2,1-4H3. The Morgan fingerprint density at radius 2 is 1.80 bits per heavy atom. The average molecular weight is 209 g/mol. The van der Waals surface area contributed by atoms with Gasteiger partial charge in [0.05, 0.1) is 0 Å². The summed E-state index contributed by atoms with van der Waals surface area (Å²) in [6, 6.07) is 0.805. The Balaban J connectivity index is 2.14. The van der Waals surface area contributed by atoms with Crippen molar-refractivity contribution in [2.24, 2.45) is 23.2 Å². The third-order valence-corrected chi connectivity index (χ3v) is 4.99. The third kappa shape index (κ3) is 2.08. The number of hydrogen-bond donors (Lipinski definition) is 1. The number of nitrogens with one attached hydrogen (secondary N) is 1. The first-order chi connectivity index (χ1) is 7.07. The van der Waals surface area contributed by atoms with E-state index in [4.69, 9.17) is 0 Å². The SMILES string of the molecule is CCC1CCC(NC)C2CC(C)(C)CC12. The molecular formula is C14H27N. The first kappa shape index (κ1) is 11.4. The van der Waals surface area contributed by atoms with E-state index in [2.05, 4.69) is 33.1 Å². The van der Waals surface area contributed by atoms with Crippen LogP contribution in [-0.2, 0) is 0 Å². The first-order valence-electron chi connectivity index (χ1n) is 6.74. The van der Waals surface area contributed by atoms with Gasteiger partial charge in [-0.3, -0.25) is 0 Å². The number of fused-ring (bicyclic) bond motifs is 1. The second-order valence-electron chi connectivity index (χ2n) is 6.54. The van der Waals surface area contributed by atoms with Crippen molar-refractivity contribution < 1.29 is 0 Å². The third-order valence-electron chi connectivity index (χ3n) is 4.99. The van der Waals surface area contributed by atoms with E-state index in [0.717, 1.165) is 23.8 Å². The van der Waals surface area contributed by atoms with E-state index in [1.165, 1.54) is 32.1 Å². The summed E-state index contributed by atoms with van der Waals surface area (Å²) in [5, 5.41) is 3.56. The summed E-state index contributed by atoms with van der Waals surface area (Å²) in [6.45, 7) is 7.31. The molecule has 15 heavy (non-hydrogen) atoms. The zero-order valence-electron chi connectivity index (χ0n) is 10.8. The van der Waals surface area contributed by atoms with Crippen LogP contribution < -0.4 is 5.32 Å².